The molecule has 18 heavy (non-hydrogen) atoms. The highest BCUT2D eigenvalue weighted by Gasteiger charge is 2.05. The molecule has 0 unspecified atom stereocenters. The minimum absolute atomic E-state index is 0.281. The van der Waals surface area contributed by atoms with Gasteiger partial charge < -0.3 is 10.5 Å². The van der Waals surface area contributed by atoms with Crippen LogP contribution in [0.1, 0.15) is 11.1 Å². The molecular weight excluding hydrogens is 253 g/mol. The number of hydrogen-bond donors (Lipinski definition) is 1. The summed E-state index contributed by atoms with van der Waals surface area (Å²) in [5, 5.41) is 0.358. The second-order valence-electron chi connectivity index (χ2n) is 3.99. The van der Waals surface area contributed by atoms with Crippen molar-refractivity contribution in [1.82, 2.24) is 0 Å². The summed E-state index contributed by atoms with van der Waals surface area (Å²) in [6, 6.07) is 9.71. The molecule has 0 aromatic heterocycles. The fraction of sp³-hybridized carbons (Fsp3) is 0.143. The Hall–Kier alpha value is -1.74. The molecule has 94 valence electrons. The van der Waals surface area contributed by atoms with E-state index in [9.17, 15) is 4.39 Å². The van der Waals surface area contributed by atoms with Crippen molar-refractivity contribution in [3.63, 3.8) is 0 Å². The molecular formula is C14H13ClFNO. The molecule has 0 amide bonds. The van der Waals surface area contributed by atoms with Crippen molar-refractivity contribution in [2.75, 3.05) is 5.73 Å². The second-order valence-corrected chi connectivity index (χ2v) is 4.40. The Labute approximate surface area is 110 Å². The lowest BCUT2D eigenvalue weighted by molar-refractivity contribution is 0.304. The van der Waals surface area contributed by atoms with Gasteiger partial charge in [-0.1, -0.05) is 23.7 Å². The summed E-state index contributed by atoms with van der Waals surface area (Å²) >= 11 is 5.92. The number of halogens is 2. The smallest absolute Gasteiger partial charge is 0.124 e. The normalized spacial score (nSPS) is 10.4. The number of hydrogen-bond acceptors (Lipinski definition) is 2. The van der Waals surface area contributed by atoms with E-state index in [4.69, 9.17) is 22.1 Å². The molecule has 2 aromatic carbocycles. The average molecular weight is 266 g/mol. The fourth-order valence-electron chi connectivity index (χ4n) is 1.58. The van der Waals surface area contributed by atoms with Crippen LogP contribution in [0.15, 0.2) is 36.4 Å². The maximum atomic E-state index is 12.9. The highest BCUT2D eigenvalue weighted by molar-refractivity contribution is 6.31. The predicted octanol–water partition coefficient (Wildman–Crippen LogP) is 3.95. The van der Waals surface area contributed by atoms with Crippen LogP contribution in [0.3, 0.4) is 0 Å². The van der Waals surface area contributed by atoms with E-state index in [-0.39, 0.29) is 12.4 Å². The number of anilines is 1. The second kappa shape index (κ2) is 5.27. The lowest BCUT2D eigenvalue weighted by Gasteiger charge is -2.11. The molecule has 0 aliphatic rings. The molecule has 0 spiro atoms. The first-order chi connectivity index (χ1) is 8.58. The van der Waals surface area contributed by atoms with Crippen LogP contribution in [0.5, 0.6) is 5.75 Å². The summed E-state index contributed by atoms with van der Waals surface area (Å²) in [4.78, 5) is 0. The summed E-state index contributed by atoms with van der Waals surface area (Å²) in [6.07, 6.45) is 0. The number of nitrogen functional groups attached to an aromatic ring is 1. The highest BCUT2D eigenvalue weighted by Crippen LogP contribution is 2.25. The van der Waals surface area contributed by atoms with E-state index in [2.05, 4.69) is 0 Å². The highest BCUT2D eigenvalue weighted by atomic mass is 35.5. The molecule has 0 aliphatic heterocycles. The summed E-state index contributed by atoms with van der Waals surface area (Å²) in [6.45, 7) is 2.17. The van der Waals surface area contributed by atoms with Gasteiger partial charge in [0.1, 0.15) is 18.2 Å². The van der Waals surface area contributed by atoms with Gasteiger partial charge in [-0.2, -0.15) is 0 Å². The molecule has 0 fully saturated rings. The Morgan fingerprint density at radius 1 is 1.28 bits per heavy atom. The van der Waals surface area contributed by atoms with Crippen molar-refractivity contribution >= 4 is 17.3 Å². The molecule has 0 bridgehead atoms. The van der Waals surface area contributed by atoms with E-state index in [1.165, 1.54) is 12.1 Å². The molecule has 0 aliphatic carbocycles. The molecule has 2 N–H and O–H groups in total. The topological polar surface area (TPSA) is 35.2 Å². The SMILES string of the molecule is Cc1c(N)cccc1OCc1ccc(F)cc1Cl. The van der Waals surface area contributed by atoms with Crippen molar-refractivity contribution in [3.8, 4) is 5.75 Å². The third kappa shape index (κ3) is 2.74. The van der Waals surface area contributed by atoms with Crippen LogP contribution >= 0.6 is 11.6 Å². The zero-order valence-corrected chi connectivity index (χ0v) is 10.7. The maximum absolute atomic E-state index is 12.9. The van der Waals surface area contributed by atoms with Crippen molar-refractivity contribution in [2.45, 2.75) is 13.5 Å². The number of benzene rings is 2. The van der Waals surface area contributed by atoms with Crippen LogP contribution in [-0.2, 0) is 6.61 Å². The standard InChI is InChI=1S/C14H13ClFNO/c1-9-13(17)3-2-4-14(9)18-8-10-5-6-11(16)7-12(10)15/h2-7H,8,17H2,1H3. The van der Waals surface area contributed by atoms with Crippen LogP contribution in [0.25, 0.3) is 0 Å². The molecule has 2 aromatic rings. The van der Waals surface area contributed by atoms with E-state index in [0.717, 1.165) is 11.1 Å². The first-order valence-electron chi connectivity index (χ1n) is 5.50. The average Bonchev–Trinajstić information content (AvgIpc) is 2.33. The molecule has 0 heterocycles. The Morgan fingerprint density at radius 2 is 2.06 bits per heavy atom. The van der Waals surface area contributed by atoms with Gasteiger partial charge in [-0.15, -0.1) is 0 Å². The lowest BCUT2D eigenvalue weighted by Crippen LogP contribution is -2.00. The number of ether oxygens (including phenoxy) is 1. The minimum Gasteiger partial charge on any atom is -0.489 e. The van der Waals surface area contributed by atoms with Crippen LogP contribution in [0.2, 0.25) is 5.02 Å². The van der Waals surface area contributed by atoms with Crippen molar-refractivity contribution < 1.29 is 9.13 Å². The van der Waals surface area contributed by atoms with Gasteiger partial charge in [-0.3, -0.25) is 0 Å². The monoisotopic (exact) mass is 265 g/mol. The molecule has 2 rings (SSSR count). The van der Waals surface area contributed by atoms with E-state index in [1.54, 1.807) is 6.07 Å². The van der Waals surface area contributed by atoms with Gasteiger partial charge in [0.2, 0.25) is 0 Å². The Balaban J connectivity index is 2.14. The third-order valence-electron chi connectivity index (χ3n) is 2.72. The molecule has 2 nitrogen and oxygen atoms in total. The number of nitrogens with two attached hydrogens (primary N) is 1. The third-order valence-corrected chi connectivity index (χ3v) is 3.08. The fourth-order valence-corrected chi connectivity index (χ4v) is 1.80. The van der Waals surface area contributed by atoms with E-state index in [0.29, 0.717) is 16.5 Å². The Kier molecular flexibility index (Phi) is 3.72. The van der Waals surface area contributed by atoms with Crippen LogP contribution in [0, 0.1) is 12.7 Å². The Bertz CT molecular complexity index is 572. The molecule has 0 atom stereocenters. The van der Waals surface area contributed by atoms with Gasteiger partial charge in [0, 0.05) is 16.8 Å². The van der Waals surface area contributed by atoms with E-state index in [1.807, 2.05) is 25.1 Å². The first-order valence-corrected chi connectivity index (χ1v) is 5.87. The van der Waals surface area contributed by atoms with E-state index < -0.39 is 0 Å². The van der Waals surface area contributed by atoms with Gasteiger partial charge in [0.15, 0.2) is 0 Å². The molecule has 0 saturated heterocycles. The van der Waals surface area contributed by atoms with Crippen LogP contribution in [0.4, 0.5) is 10.1 Å². The first kappa shape index (κ1) is 12.7. The predicted molar refractivity (Wildman–Crippen MR) is 71.3 cm³/mol. The molecule has 4 heteroatoms. The molecule has 0 saturated carbocycles. The number of rotatable bonds is 3. The Morgan fingerprint density at radius 3 is 2.78 bits per heavy atom. The van der Waals surface area contributed by atoms with Crippen LogP contribution < -0.4 is 10.5 Å². The van der Waals surface area contributed by atoms with Gasteiger partial charge in [-0.25, -0.2) is 4.39 Å². The van der Waals surface area contributed by atoms with Crippen molar-refractivity contribution in [2.24, 2.45) is 0 Å². The quantitative estimate of drug-likeness (QED) is 0.853. The van der Waals surface area contributed by atoms with Crippen molar-refractivity contribution in [3.05, 3.63) is 58.4 Å². The largest absolute Gasteiger partial charge is 0.489 e. The zero-order chi connectivity index (χ0) is 13.1. The lowest BCUT2D eigenvalue weighted by atomic mass is 10.2. The van der Waals surface area contributed by atoms with Gasteiger partial charge in [0.05, 0.1) is 5.02 Å². The van der Waals surface area contributed by atoms with Crippen molar-refractivity contribution in [1.29, 1.82) is 0 Å². The zero-order valence-electron chi connectivity index (χ0n) is 9.91. The summed E-state index contributed by atoms with van der Waals surface area (Å²) in [5.74, 6) is 0.347. The van der Waals surface area contributed by atoms with Crippen LogP contribution in [-0.4, -0.2) is 0 Å². The summed E-state index contributed by atoms with van der Waals surface area (Å²) < 4.78 is 18.5. The van der Waals surface area contributed by atoms with Gasteiger partial charge in [-0.05, 0) is 31.2 Å². The minimum atomic E-state index is -0.358. The summed E-state index contributed by atoms with van der Waals surface area (Å²) in [7, 11) is 0. The maximum Gasteiger partial charge on any atom is 0.124 e. The van der Waals surface area contributed by atoms with Gasteiger partial charge in [0.25, 0.3) is 0 Å². The molecule has 0 radical (unpaired) electrons. The van der Waals surface area contributed by atoms with E-state index >= 15 is 0 Å². The summed E-state index contributed by atoms with van der Waals surface area (Å²) in [5.41, 5.74) is 8.08. The van der Waals surface area contributed by atoms with Gasteiger partial charge >= 0.3 is 0 Å².